The number of amides is 1. The normalized spacial score (nSPS) is 14.1. The molecule has 88 valence electrons. The number of aryl methyl sites for hydroxylation is 1. The SMILES string of the molecule is CC(=O)CCN1C(=O)C(=O)c2cccc(C)c21. The summed E-state index contributed by atoms with van der Waals surface area (Å²) in [6, 6.07) is 5.26. The van der Waals surface area contributed by atoms with Gasteiger partial charge in [0.1, 0.15) is 5.78 Å². The molecule has 17 heavy (non-hydrogen) atoms. The molecule has 1 aromatic carbocycles. The molecule has 0 unspecified atom stereocenters. The number of carbonyl (C=O) groups is 3. The minimum atomic E-state index is -0.532. The van der Waals surface area contributed by atoms with E-state index < -0.39 is 11.7 Å². The molecular formula is C13H13NO3. The van der Waals surface area contributed by atoms with Gasteiger partial charge in [-0.3, -0.25) is 14.4 Å². The third-order valence-corrected chi connectivity index (χ3v) is 2.88. The van der Waals surface area contributed by atoms with Crippen LogP contribution in [0.25, 0.3) is 0 Å². The van der Waals surface area contributed by atoms with Crippen LogP contribution < -0.4 is 4.90 Å². The third kappa shape index (κ3) is 1.86. The van der Waals surface area contributed by atoms with Crippen LogP contribution in [0.15, 0.2) is 18.2 Å². The third-order valence-electron chi connectivity index (χ3n) is 2.88. The number of carbonyl (C=O) groups excluding carboxylic acids is 3. The number of para-hydroxylation sites is 1. The lowest BCUT2D eigenvalue weighted by atomic mass is 10.1. The van der Waals surface area contributed by atoms with Gasteiger partial charge in [0.15, 0.2) is 0 Å². The Kier molecular flexibility index (Phi) is 2.79. The van der Waals surface area contributed by atoms with Gasteiger partial charge in [-0.15, -0.1) is 0 Å². The van der Waals surface area contributed by atoms with E-state index in [1.807, 2.05) is 13.0 Å². The van der Waals surface area contributed by atoms with Gasteiger partial charge in [0.05, 0.1) is 11.3 Å². The van der Waals surface area contributed by atoms with Gasteiger partial charge in [-0.05, 0) is 25.5 Å². The summed E-state index contributed by atoms with van der Waals surface area (Å²) >= 11 is 0. The topological polar surface area (TPSA) is 54.5 Å². The zero-order valence-corrected chi connectivity index (χ0v) is 9.82. The fourth-order valence-electron chi connectivity index (χ4n) is 2.02. The molecule has 1 aliphatic heterocycles. The Hall–Kier alpha value is -1.97. The predicted octanol–water partition coefficient (Wildman–Crippen LogP) is 1.50. The standard InChI is InChI=1S/C13H13NO3/c1-8-4-3-5-10-11(8)14(7-6-9(2)15)13(17)12(10)16/h3-5H,6-7H2,1-2H3. The molecule has 2 rings (SSSR count). The molecule has 4 nitrogen and oxygen atoms in total. The largest absolute Gasteiger partial charge is 0.304 e. The summed E-state index contributed by atoms with van der Waals surface area (Å²) in [4.78, 5) is 35.9. The van der Waals surface area contributed by atoms with Crippen molar-refractivity contribution in [2.75, 3.05) is 11.4 Å². The molecule has 1 heterocycles. The molecule has 0 bridgehead atoms. The van der Waals surface area contributed by atoms with Gasteiger partial charge in [-0.25, -0.2) is 0 Å². The second-order valence-corrected chi connectivity index (χ2v) is 4.21. The average molecular weight is 231 g/mol. The first-order chi connectivity index (χ1) is 8.02. The average Bonchev–Trinajstić information content (AvgIpc) is 2.52. The van der Waals surface area contributed by atoms with Crippen molar-refractivity contribution in [2.45, 2.75) is 20.3 Å². The maximum Gasteiger partial charge on any atom is 0.299 e. The van der Waals surface area contributed by atoms with E-state index in [1.54, 1.807) is 12.1 Å². The number of hydrogen-bond donors (Lipinski definition) is 0. The van der Waals surface area contributed by atoms with Crippen LogP contribution >= 0.6 is 0 Å². The van der Waals surface area contributed by atoms with Crippen LogP contribution in [0, 0.1) is 6.92 Å². The molecule has 0 radical (unpaired) electrons. The second kappa shape index (κ2) is 4.13. The summed E-state index contributed by atoms with van der Waals surface area (Å²) in [7, 11) is 0. The monoisotopic (exact) mass is 231 g/mol. The Labute approximate surface area is 99.2 Å². The Morgan fingerprint density at radius 2 is 2.00 bits per heavy atom. The maximum absolute atomic E-state index is 11.8. The van der Waals surface area contributed by atoms with Crippen molar-refractivity contribution in [3.8, 4) is 0 Å². The quantitative estimate of drug-likeness (QED) is 0.741. The van der Waals surface area contributed by atoms with Gasteiger partial charge in [0.2, 0.25) is 0 Å². The molecule has 0 N–H and O–H groups in total. The van der Waals surface area contributed by atoms with Crippen LogP contribution in [0.2, 0.25) is 0 Å². The molecule has 0 aliphatic carbocycles. The van der Waals surface area contributed by atoms with E-state index >= 15 is 0 Å². The highest BCUT2D eigenvalue weighted by Crippen LogP contribution is 2.32. The van der Waals surface area contributed by atoms with Crippen molar-refractivity contribution in [1.29, 1.82) is 0 Å². The summed E-state index contributed by atoms with van der Waals surface area (Å²) in [5.74, 6) is -1.00. The number of fused-ring (bicyclic) bond motifs is 1. The smallest absolute Gasteiger partial charge is 0.299 e. The zero-order valence-electron chi connectivity index (χ0n) is 9.82. The minimum Gasteiger partial charge on any atom is -0.304 e. The lowest BCUT2D eigenvalue weighted by molar-refractivity contribution is -0.117. The Morgan fingerprint density at radius 3 is 2.65 bits per heavy atom. The lowest BCUT2D eigenvalue weighted by Crippen LogP contribution is -2.31. The number of ketones is 2. The molecule has 4 heteroatoms. The highest BCUT2D eigenvalue weighted by Gasteiger charge is 2.36. The van der Waals surface area contributed by atoms with Crippen molar-refractivity contribution in [2.24, 2.45) is 0 Å². The van der Waals surface area contributed by atoms with Crippen LogP contribution in [-0.4, -0.2) is 24.0 Å². The van der Waals surface area contributed by atoms with Gasteiger partial charge in [0, 0.05) is 13.0 Å². The van der Waals surface area contributed by atoms with Crippen LogP contribution in [0.4, 0.5) is 5.69 Å². The number of hydrogen-bond acceptors (Lipinski definition) is 3. The van der Waals surface area contributed by atoms with E-state index in [1.165, 1.54) is 11.8 Å². The van der Waals surface area contributed by atoms with Crippen LogP contribution in [0.5, 0.6) is 0 Å². The first kappa shape index (κ1) is 11.5. The van der Waals surface area contributed by atoms with E-state index in [0.717, 1.165) is 5.56 Å². The minimum absolute atomic E-state index is 0.00674. The van der Waals surface area contributed by atoms with Crippen molar-refractivity contribution >= 4 is 23.2 Å². The molecule has 1 aliphatic rings. The van der Waals surface area contributed by atoms with Gasteiger partial charge in [0.25, 0.3) is 11.7 Å². The van der Waals surface area contributed by atoms with Crippen LogP contribution in [0.3, 0.4) is 0 Å². The summed E-state index contributed by atoms with van der Waals surface area (Å²) in [6.07, 6.45) is 0.271. The van der Waals surface area contributed by atoms with Crippen LogP contribution in [0.1, 0.15) is 29.3 Å². The number of Topliss-reactive ketones (excluding diaryl/α,β-unsaturated/α-hetero) is 2. The van der Waals surface area contributed by atoms with E-state index in [9.17, 15) is 14.4 Å². The second-order valence-electron chi connectivity index (χ2n) is 4.21. The maximum atomic E-state index is 11.8. The Bertz CT molecular complexity index is 519. The van der Waals surface area contributed by atoms with Crippen molar-refractivity contribution in [3.63, 3.8) is 0 Å². The number of nitrogens with zero attached hydrogens (tertiary/aromatic N) is 1. The molecule has 1 amide bonds. The summed E-state index contributed by atoms with van der Waals surface area (Å²) in [6.45, 7) is 3.60. The van der Waals surface area contributed by atoms with Gasteiger partial charge in [-0.2, -0.15) is 0 Å². The number of rotatable bonds is 3. The molecule has 0 spiro atoms. The fraction of sp³-hybridized carbons (Fsp3) is 0.308. The van der Waals surface area contributed by atoms with E-state index in [2.05, 4.69) is 0 Å². The van der Waals surface area contributed by atoms with E-state index in [-0.39, 0.29) is 18.7 Å². The molecule has 0 saturated heterocycles. The molecule has 0 fully saturated rings. The van der Waals surface area contributed by atoms with Gasteiger partial charge >= 0.3 is 0 Å². The molecular weight excluding hydrogens is 218 g/mol. The first-order valence-corrected chi connectivity index (χ1v) is 5.47. The molecule has 0 aromatic heterocycles. The van der Waals surface area contributed by atoms with E-state index in [4.69, 9.17) is 0 Å². The van der Waals surface area contributed by atoms with E-state index in [0.29, 0.717) is 11.3 Å². The Balaban J connectivity index is 2.40. The fourth-order valence-corrected chi connectivity index (χ4v) is 2.02. The number of anilines is 1. The van der Waals surface area contributed by atoms with Gasteiger partial charge in [-0.1, -0.05) is 12.1 Å². The molecule has 1 aromatic rings. The van der Waals surface area contributed by atoms with Crippen LogP contribution in [-0.2, 0) is 9.59 Å². The highest BCUT2D eigenvalue weighted by atomic mass is 16.2. The van der Waals surface area contributed by atoms with Crippen molar-refractivity contribution in [3.05, 3.63) is 29.3 Å². The predicted molar refractivity (Wildman–Crippen MR) is 63.2 cm³/mol. The zero-order chi connectivity index (χ0) is 12.6. The number of benzene rings is 1. The Morgan fingerprint density at radius 1 is 1.29 bits per heavy atom. The first-order valence-electron chi connectivity index (χ1n) is 5.47. The summed E-state index contributed by atoms with van der Waals surface area (Å²) < 4.78 is 0. The van der Waals surface area contributed by atoms with Gasteiger partial charge < -0.3 is 4.90 Å². The lowest BCUT2D eigenvalue weighted by Gasteiger charge is -2.17. The van der Waals surface area contributed by atoms with Crippen molar-refractivity contribution < 1.29 is 14.4 Å². The molecule has 0 atom stereocenters. The molecule has 0 saturated carbocycles. The summed E-state index contributed by atoms with van der Waals surface area (Å²) in [5, 5.41) is 0. The van der Waals surface area contributed by atoms with Crippen molar-refractivity contribution in [1.82, 2.24) is 0 Å². The highest BCUT2D eigenvalue weighted by molar-refractivity contribution is 6.52. The summed E-state index contributed by atoms with van der Waals surface area (Å²) in [5.41, 5.74) is 1.98.